The van der Waals surface area contributed by atoms with Gasteiger partial charge < -0.3 is 0 Å². The van der Waals surface area contributed by atoms with Crippen LogP contribution in [0.5, 0.6) is 0 Å². The van der Waals surface area contributed by atoms with E-state index in [1.807, 2.05) is 0 Å². The summed E-state index contributed by atoms with van der Waals surface area (Å²) in [5.74, 6) is 2.30. The minimum absolute atomic E-state index is 0.0457. The maximum Gasteiger partial charge on any atom is 0.242 e. The zero-order chi connectivity index (χ0) is 18.1. The topological polar surface area (TPSA) is 37.4 Å². The number of carbonyl (C=O) groups excluding carboxylic acids is 2. The minimum Gasteiger partial charge on any atom is -0.281 e. The number of thioether (sulfide) groups is 1. The van der Waals surface area contributed by atoms with Crippen LogP contribution in [0.3, 0.4) is 0 Å². The molecule has 0 aromatic rings. The molecule has 1 aliphatic heterocycles. The zero-order valence-corrected chi connectivity index (χ0v) is 17.2. The molecule has 1 saturated carbocycles. The van der Waals surface area contributed by atoms with Crippen LogP contribution in [0.2, 0.25) is 0 Å². The van der Waals surface area contributed by atoms with Crippen LogP contribution in [0.25, 0.3) is 0 Å². The molecule has 0 aromatic carbocycles. The molecule has 1 unspecified atom stereocenters. The van der Waals surface area contributed by atoms with Crippen molar-refractivity contribution >= 4 is 23.6 Å². The van der Waals surface area contributed by atoms with Gasteiger partial charge in [-0.3, -0.25) is 14.5 Å². The number of imide groups is 1. The smallest absolute Gasteiger partial charge is 0.242 e. The molecule has 2 rings (SSSR count). The molecular weight excluding hydrogens is 318 g/mol. The van der Waals surface area contributed by atoms with Gasteiger partial charge in [0.15, 0.2) is 0 Å². The summed E-state index contributed by atoms with van der Waals surface area (Å²) >= 11 is 1.66. The van der Waals surface area contributed by atoms with Gasteiger partial charge in [-0.15, -0.1) is 11.8 Å². The van der Waals surface area contributed by atoms with E-state index in [0.29, 0.717) is 24.3 Å². The van der Waals surface area contributed by atoms with E-state index in [-0.39, 0.29) is 22.5 Å². The van der Waals surface area contributed by atoms with Crippen LogP contribution < -0.4 is 0 Å². The van der Waals surface area contributed by atoms with E-state index in [9.17, 15) is 9.59 Å². The standard InChI is InChI=1S/C20H35NO2S/c1-19(2,3)13-24-16-11-17(22)21(18(16)23)12-14-7-9-15(10-8-14)20(4,5)6/h14-16H,7-13H2,1-6H3. The molecule has 1 aliphatic carbocycles. The molecule has 4 heteroatoms. The Morgan fingerprint density at radius 3 is 2.08 bits per heavy atom. The van der Waals surface area contributed by atoms with Crippen LogP contribution in [-0.2, 0) is 9.59 Å². The molecule has 2 fully saturated rings. The van der Waals surface area contributed by atoms with Crippen LogP contribution in [-0.4, -0.2) is 34.3 Å². The van der Waals surface area contributed by atoms with Gasteiger partial charge in [0.1, 0.15) is 0 Å². The molecule has 1 atom stereocenters. The molecule has 2 amide bonds. The average molecular weight is 354 g/mol. The minimum atomic E-state index is -0.150. The first-order valence-electron chi connectivity index (χ1n) is 9.43. The Hall–Kier alpha value is -0.510. The van der Waals surface area contributed by atoms with E-state index in [4.69, 9.17) is 0 Å². The predicted molar refractivity (Wildman–Crippen MR) is 102 cm³/mol. The highest BCUT2D eigenvalue weighted by Gasteiger charge is 2.41. The highest BCUT2D eigenvalue weighted by atomic mass is 32.2. The van der Waals surface area contributed by atoms with Gasteiger partial charge in [0.05, 0.1) is 5.25 Å². The highest BCUT2D eigenvalue weighted by molar-refractivity contribution is 8.00. The van der Waals surface area contributed by atoms with Gasteiger partial charge in [0.25, 0.3) is 0 Å². The fourth-order valence-corrected chi connectivity index (χ4v) is 5.03. The molecule has 0 spiro atoms. The second kappa shape index (κ2) is 7.39. The second-order valence-electron chi connectivity index (χ2n) is 9.99. The fraction of sp³-hybridized carbons (Fsp3) is 0.900. The molecule has 0 bridgehead atoms. The van der Waals surface area contributed by atoms with Gasteiger partial charge in [0, 0.05) is 13.0 Å². The molecule has 3 nitrogen and oxygen atoms in total. The third kappa shape index (κ3) is 5.24. The van der Waals surface area contributed by atoms with Crippen molar-refractivity contribution in [2.45, 2.75) is 78.9 Å². The summed E-state index contributed by atoms with van der Waals surface area (Å²) in [5, 5.41) is -0.150. The summed E-state index contributed by atoms with van der Waals surface area (Å²) in [7, 11) is 0. The Labute approximate surface area is 152 Å². The third-order valence-electron chi connectivity index (χ3n) is 5.43. The third-order valence-corrected chi connectivity index (χ3v) is 7.24. The molecule has 138 valence electrons. The van der Waals surface area contributed by atoms with Crippen molar-refractivity contribution in [2.24, 2.45) is 22.7 Å². The first-order valence-corrected chi connectivity index (χ1v) is 10.5. The number of carbonyl (C=O) groups is 2. The van der Waals surface area contributed by atoms with Gasteiger partial charge in [-0.2, -0.15) is 0 Å². The van der Waals surface area contributed by atoms with Crippen LogP contribution >= 0.6 is 11.8 Å². The molecule has 24 heavy (non-hydrogen) atoms. The van der Waals surface area contributed by atoms with E-state index in [1.54, 1.807) is 16.7 Å². The van der Waals surface area contributed by atoms with E-state index < -0.39 is 0 Å². The lowest BCUT2D eigenvalue weighted by Crippen LogP contribution is -2.38. The number of likely N-dealkylation sites (tertiary alicyclic amines) is 1. The van der Waals surface area contributed by atoms with Gasteiger partial charge in [-0.25, -0.2) is 0 Å². The molecule has 1 heterocycles. The Balaban J connectivity index is 1.85. The summed E-state index contributed by atoms with van der Waals surface area (Å²) in [6.45, 7) is 14.1. The van der Waals surface area contributed by atoms with E-state index in [0.717, 1.165) is 24.5 Å². The van der Waals surface area contributed by atoms with Crippen molar-refractivity contribution in [3.05, 3.63) is 0 Å². The van der Waals surface area contributed by atoms with Crippen LogP contribution in [0.4, 0.5) is 0 Å². The lowest BCUT2D eigenvalue weighted by molar-refractivity contribution is -0.139. The van der Waals surface area contributed by atoms with E-state index in [1.165, 1.54) is 12.8 Å². The second-order valence-corrected chi connectivity index (χ2v) is 11.2. The lowest BCUT2D eigenvalue weighted by atomic mass is 9.70. The molecule has 0 aromatic heterocycles. The maximum atomic E-state index is 12.6. The van der Waals surface area contributed by atoms with Crippen molar-refractivity contribution in [3.8, 4) is 0 Å². The average Bonchev–Trinajstić information content (AvgIpc) is 2.72. The van der Waals surface area contributed by atoms with Crippen LogP contribution in [0.1, 0.15) is 73.6 Å². The van der Waals surface area contributed by atoms with Gasteiger partial charge >= 0.3 is 0 Å². The normalized spacial score (nSPS) is 29.4. The van der Waals surface area contributed by atoms with Crippen LogP contribution in [0.15, 0.2) is 0 Å². The maximum absolute atomic E-state index is 12.6. The number of hydrogen-bond donors (Lipinski definition) is 0. The van der Waals surface area contributed by atoms with E-state index >= 15 is 0 Å². The van der Waals surface area contributed by atoms with Crippen molar-refractivity contribution in [1.82, 2.24) is 4.90 Å². The molecule has 1 saturated heterocycles. The largest absolute Gasteiger partial charge is 0.281 e. The van der Waals surface area contributed by atoms with Gasteiger partial charge in [-0.05, 0) is 54.1 Å². The van der Waals surface area contributed by atoms with Crippen molar-refractivity contribution in [1.29, 1.82) is 0 Å². The summed E-state index contributed by atoms with van der Waals surface area (Å²) in [5.41, 5.74) is 0.561. The molecule has 0 N–H and O–H groups in total. The van der Waals surface area contributed by atoms with Crippen molar-refractivity contribution < 1.29 is 9.59 Å². The Morgan fingerprint density at radius 2 is 1.58 bits per heavy atom. The quantitative estimate of drug-likeness (QED) is 0.685. The first kappa shape index (κ1) is 19.8. The SMILES string of the molecule is CC(C)(C)CSC1CC(=O)N(CC2CCC(C(C)(C)C)CC2)C1=O. The highest BCUT2D eigenvalue weighted by Crippen LogP contribution is 2.40. The van der Waals surface area contributed by atoms with Crippen molar-refractivity contribution in [3.63, 3.8) is 0 Å². The predicted octanol–water partition coefficient (Wildman–Crippen LogP) is 4.75. The van der Waals surface area contributed by atoms with Gasteiger partial charge in [-0.1, -0.05) is 41.5 Å². The monoisotopic (exact) mass is 353 g/mol. The van der Waals surface area contributed by atoms with E-state index in [2.05, 4.69) is 41.5 Å². The Bertz CT molecular complexity index is 467. The van der Waals surface area contributed by atoms with Gasteiger partial charge in [0.2, 0.25) is 11.8 Å². The molecule has 2 aliphatic rings. The number of amides is 2. The number of rotatable bonds is 4. The van der Waals surface area contributed by atoms with Crippen LogP contribution in [0, 0.1) is 22.7 Å². The lowest BCUT2D eigenvalue weighted by Gasteiger charge is -2.37. The Kier molecular flexibility index (Phi) is 6.10. The summed E-state index contributed by atoms with van der Waals surface area (Å²) in [6.07, 6.45) is 5.16. The number of hydrogen-bond acceptors (Lipinski definition) is 3. The zero-order valence-electron chi connectivity index (χ0n) is 16.4. The number of nitrogens with zero attached hydrogens (tertiary/aromatic N) is 1. The molecular formula is C20H35NO2S. The molecule has 0 radical (unpaired) electrons. The fourth-order valence-electron chi connectivity index (χ4n) is 3.79. The summed E-state index contributed by atoms with van der Waals surface area (Å²) < 4.78 is 0. The Morgan fingerprint density at radius 1 is 1.00 bits per heavy atom. The first-order chi connectivity index (χ1) is 11.0. The summed E-state index contributed by atoms with van der Waals surface area (Å²) in [6, 6.07) is 0. The van der Waals surface area contributed by atoms with Crippen molar-refractivity contribution in [2.75, 3.05) is 12.3 Å². The summed E-state index contributed by atoms with van der Waals surface area (Å²) in [4.78, 5) is 26.5.